The highest BCUT2D eigenvalue weighted by Gasteiger charge is 2.30. The number of alkyl halides is 1. The minimum Gasteiger partial charge on any atom is -0.369 e. The fourth-order valence-electron chi connectivity index (χ4n) is 1.85. The molecule has 1 aliphatic rings. The third-order valence-electron chi connectivity index (χ3n) is 3.03. The van der Waals surface area contributed by atoms with Gasteiger partial charge in [0, 0.05) is 9.45 Å². The maximum atomic E-state index is 6.10. The van der Waals surface area contributed by atoms with Gasteiger partial charge in [0.15, 0.2) is 0 Å². The molecule has 1 aromatic rings. The molecule has 0 heterocycles. The minimum absolute atomic E-state index is 0.176. The lowest BCUT2D eigenvalue weighted by Crippen LogP contribution is -2.16. The largest absolute Gasteiger partial charge is 0.369 e. The van der Waals surface area contributed by atoms with E-state index in [0.717, 1.165) is 15.4 Å². The van der Waals surface area contributed by atoms with Crippen molar-refractivity contribution in [1.82, 2.24) is 0 Å². The summed E-state index contributed by atoms with van der Waals surface area (Å²) in [5.74, 6) is 0.782. The van der Waals surface area contributed by atoms with E-state index in [1.807, 2.05) is 18.2 Å². The van der Waals surface area contributed by atoms with Crippen molar-refractivity contribution in [2.45, 2.75) is 32.0 Å². The van der Waals surface area contributed by atoms with Crippen molar-refractivity contribution < 1.29 is 4.74 Å². The number of halogens is 2. The second-order valence-corrected chi connectivity index (χ2v) is 5.69. The maximum absolute atomic E-state index is 6.10. The molecule has 2 atom stereocenters. The molecule has 1 aromatic carbocycles. The molecular formula is C13H16ClIO. The fourth-order valence-corrected chi connectivity index (χ4v) is 2.76. The smallest absolute Gasteiger partial charge is 0.0918 e. The van der Waals surface area contributed by atoms with Crippen LogP contribution in [0.15, 0.2) is 24.3 Å². The average Bonchev–Trinajstić information content (AvgIpc) is 3.09. The number of ether oxygens (including phenoxy) is 1. The van der Waals surface area contributed by atoms with Gasteiger partial charge >= 0.3 is 0 Å². The molecule has 1 aliphatic carbocycles. The summed E-state index contributed by atoms with van der Waals surface area (Å²) < 4.78 is 7.07. The monoisotopic (exact) mass is 350 g/mol. The number of benzene rings is 1. The number of hydrogen-bond donors (Lipinski definition) is 0. The maximum Gasteiger partial charge on any atom is 0.0918 e. The minimum atomic E-state index is 0.176. The molecule has 0 bridgehead atoms. The zero-order valence-electron chi connectivity index (χ0n) is 9.33. The Labute approximate surface area is 116 Å². The van der Waals surface area contributed by atoms with E-state index in [0.29, 0.717) is 6.10 Å². The van der Waals surface area contributed by atoms with Gasteiger partial charge in [0.25, 0.3) is 0 Å². The Morgan fingerprint density at radius 3 is 2.81 bits per heavy atom. The van der Waals surface area contributed by atoms with Crippen LogP contribution in [0.3, 0.4) is 0 Å². The van der Waals surface area contributed by atoms with E-state index in [1.54, 1.807) is 0 Å². The summed E-state index contributed by atoms with van der Waals surface area (Å²) >= 11 is 8.37. The van der Waals surface area contributed by atoms with Gasteiger partial charge in [-0.25, -0.2) is 0 Å². The normalized spacial score (nSPS) is 19.4. The first-order valence-corrected chi connectivity index (χ1v) is 7.58. The SMILES string of the molecule is CC(OC(CI)c1cccc(Cl)c1)C1CC1. The molecule has 16 heavy (non-hydrogen) atoms. The van der Waals surface area contributed by atoms with Crippen molar-refractivity contribution in [2.24, 2.45) is 5.92 Å². The molecule has 2 unspecified atom stereocenters. The Hall–Kier alpha value is 0.200. The van der Waals surface area contributed by atoms with Gasteiger partial charge in [0.05, 0.1) is 12.2 Å². The summed E-state index contributed by atoms with van der Waals surface area (Å²) in [6, 6.07) is 7.99. The Kier molecular flexibility index (Phi) is 4.50. The fraction of sp³-hybridized carbons (Fsp3) is 0.538. The summed E-state index contributed by atoms with van der Waals surface area (Å²) in [6.45, 7) is 2.18. The second-order valence-electron chi connectivity index (χ2n) is 4.38. The average molecular weight is 351 g/mol. The van der Waals surface area contributed by atoms with Crippen LogP contribution in [0, 0.1) is 5.92 Å². The van der Waals surface area contributed by atoms with E-state index >= 15 is 0 Å². The molecule has 0 spiro atoms. The zero-order chi connectivity index (χ0) is 11.5. The number of hydrogen-bond acceptors (Lipinski definition) is 1. The molecule has 0 radical (unpaired) electrons. The lowest BCUT2D eigenvalue weighted by Gasteiger charge is -2.21. The first-order valence-electron chi connectivity index (χ1n) is 5.67. The topological polar surface area (TPSA) is 9.23 Å². The van der Waals surface area contributed by atoms with Gasteiger partial charge in [-0.3, -0.25) is 0 Å². The van der Waals surface area contributed by atoms with Crippen LogP contribution >= 0.6 is 34.2 Å². The van der Waals surface area contributed by atoms with Gasteiger partial charge in [-0.05, 0) is 43.4 Å². The second kappa shape index (κ2) is 5.69. The van der Waals surface area contributed by atoms with E-state index in [4.69, 9.17) is 16.3 Å². The molecule has 0 N–H and O–H groups in total. The first-order chi connectivity index (χ1) is 7.70. The van der Waals surface area contributed by atoms with Crippen molar-refractivity contribution in [2.75, 3.05) is 4.43 Å². The molecular weight excluding hydrogens is 334 g/mol. The van der Waals surface area contributed by atoms with Crippen LogP contribution in [0.1, 0.15) is 31.4 Å². The molecule has 1 fully saturated rings. The van der Waals surface area contributed by atoms with Crippen LogP contribution < -0.4 is 0 Å². The van der Waals surface area contributed by atoms with Gasteiger partial charge in [-0.1, -0.05) is 46.3 Å². The standard InChI is InChI=1S/C13H16ClIO/c1-9(10-5-6-10)16-13(8-15)11-3-2-4-12(14)7-11/h2-4,7,9-10,13H,5-6,8H2,1H3. The molecule has 3 heteroatoms. The summed E-state index contributed by atoms with van der Waals surface area (Å²) in [7, 11) is 0. The molecule has 88 valence electrons. The summed E-state index contributed by atoms with van der Waals surface area (Å²) in [6.07, 6.45) is 3.20. The third-order valence-corrected chi connectivity index (χ3v) is 4.06. The molecule has 0 aliphatic heterocycles. The molecule has 1 saturated carbocycles. The predicted molar refractivity (Wildman–Crippen MR) is 76.4 cm³/mol. The van der Waals surface area contributed by atoms with Gasteiger partial charge < -0.3 is 4.74 Å². The van der Waals surface area contributed by atoms with Crippen molar-refractivity contribution in [3.8, 4) is 0 Å². The van der Waals surface area contributed by atoms with Crippen molar-refractivity contribution in [3.63, 3.8) is 0 Å². The van der Waals surface area contributed by atoms with E-state index in [2.05, 4.69) is 35.6 Å². The van der Waals surface area contributed by atoms with Crippen LogP contribution in [0.5, 0.6) is 0 Å². The van der Waals surface area contributed by atoms with E-state index in [1.165, 1.54) is 18.4 Å². The summed E-state index contributed by atoms with van der Waals surface area (Å²) in [5, 5.41) is 0.787. The first kappa shape index (κ1) is 12.7. The molecule has 0 saturated heterocycles. The van der Waals surface area contributed by atoms with Gasteiger partial charge in [0.2, 0.25) is 0 Å². The summed E-state index contributed by atoms with van der Waals surface area (Å²) in [4.78, 5) is 0. The van der Waals surface area contributed by atoms with E-state index in [-0.39, 0.29) is 6.10 Å². The Morgan fingerprint density at radius 2 is 2.25 bits per heavy atom. The van der Waals surface area contributed by atoms with Crippen molar-refractivity contribution in [3.05, 3.63) is 34.9 Å². The highest BCUT2D eigenvalue weighted by Crippen LogP contribution is 2.37. The van der Waals surface area contributed by atoms with Crippen LogP contribution in [-0.4, -0.2) is 10.5 Å². The highest BCUT2D eigenvalue weighted by atomic mass is 127. The van der Waals surface area contributed by atoms with E-state index in [9.17, 15) is 0 Å². The van der Waals surface area contributed by atoms with Crippen LogP contribution in [0.2, 0.25) is 5.02 Å². The molecule has 1 nitrogen and oxygen atoms in total. The van der Waals surface area contributed by atoms with Crippen molar-refractivity contribution >= 4 is 34.2 Å². The van der Waals surface area contributed by atoms with E-state index < -0.39 is 0 Å². The zero-order valence-corrected chi connectivity index (χ0v) is 12.2. The van der Waals surface area contributed by atoms with Gasteiger partial charge in [-0.2, -0.15) is 0 Å². The lowest BCUT2D eigenvalue weighted by molar-refractivity contribution is -0.000616. The van der Waals surface area contributed by atoms with Crippen LogP contribution in [0.4, 0.5) is 0 Å². The van der Waals surface area contributed by atoms with Gasteiger partial charge in [0.1, 0.15) is 0 Å². The predicted octanol–water partition coefficient (Wildman–Crippen LogP) is 4.63. The Balaban J connectivity index is 2.03. The quantitative estimate of drug-likeness (QED) is 0.556. The Morgan fingerprint density at radius 1 is 1.50 bits per heavy atom. The number of rotatable bonds is 5. The van der Waals surface area contributed by atoms with Crippen LogP contribution in [-0.2, 0) is 4.74 Å². The molecule has 0 amide bonds. The lowest BCUT2D eigenvalue weighted by atomic mass is 10.1. The molecule has 2 rings (SSSR count). The van der Waals surface area contributed by atoms with Crippen LogP contribution in [0.25, 0.3) is 0 Å². The highest BCUT2D eigenvalue weighted by molar-refractivity contribution is 14.1. The summed E-state index contributed by atoms with van der Waals surface area (Å²) in [5.41, 5.74) is 1.19. The van der Waals surface area contributed by atoms with Crippen molar-refractivity contribution in [1.29, 1.82) is 0 Å². The Bertz CT molecular complexity index is 352. The molecule has 0 aromatic heterocycles. The van der Waals surface area contributed by atoms with Gasteiger partial charge in [-0.15, -0.1) is 0 Å². The third kappa shape index (κ3) is 3.34.